The van der Waals surface area contributed by atoms with E-state index in [0.29, 0.717) is 16.1 Å². The van der Waals surface area contributed by atoms with E-state index in [1.54, 1.807) is 24.3 Å². The minimum Gasteiger partial charge on any atom is -0.480 e. The van der Waals surface area contributed by atoms with Crippen LogP contribution in [0.25, 0.3) is 0 Å². The number of hydrogen-bond donors (Lipinski definition) is 3. The van der Waals surface area contributed by atoms with Gasteiger partial charge in [-0.15, -0.1) is 0 Å². The van der Waals surface area contributed by atoms with Crippen LogP contribution in [-0.2, 0) is 27.2 Å². The molecule has 0 unspecified atom stereocenters. The van der Waals surface area contributed by atoms with Crippen molar-refractivity contribution in [2.45, 2.75) is 31.8 Å². The highest BCUT2D eigenvalue weighted by atomic mass is 35.5. The van der Waals surface area contributed by atoms with Crippen LogP contribution in [0.4, 0.5) is 4.39 Å². The number of nitrogens with one attached hydrogen (secondary N) is 2. The van der Waals surface area contributed by atoms with Crippen molar-refractivity contribution >= 4 is 29.4 Å². The molecule has 2 aromatic rings. The summed E-state index contributed by atoms with van der Waals surface area (Å²) in [7, 11) is 0. The van der Waals surface area contributed by atoms with Gasteiger partial charge in [-0.3, -0.25) is 9.59 Å². The zero-order valence-corrected chi connectivity index (χ0v) is 15.9. The number of hydrogen-bond acceptors (Lipinski definition) is 3. The molecule has 8 heteroatoms. The molecule has 28 heavy (non-hydrogen) atoms. The Morgan fingerprint density at radius 2 is 1.64 bits per heavy atom. The van der Waals surface area contributed by atoms with E-state index in [2.05, 4.69) is 10.6 Å². The van der Waals surface area contributed by atoms with E-state index in [9.17, 15) is 23.9 Å². The Labute approximate surface area is 166 Å². The van der Waals surface area contributed by atoms with Crippen LogP contribution in [0, 0.1) is 5.82 Å². The second-order valence-electron chi connectivity index (χ2n) is 6.32. The van der Waals surface area contributed by atoms with Gasteiger partial charge in [0.25, 0.3) is 0 Å². The van der Waals surface area contributed by atoms with Gasteiger partial charge in [0, 0.05) is 24.8 Å². The van der Waals surface area contributed by atoms with Crippen LogP contribution in [0.3, 0.4) is 0 Å². The van der Waals surface area contributed by atoms with Gasteiger partial charge in [-0.2, -0.15) is 0 Å². The Hall–Kier alpha value is -2.93. The molecule has 2 aromatic carbocycles. The summed E-state index contributed by atoms with van der Waals surface area (Å²) in [6.07, 6.45) is 0.125. The maximum atomic E-state index is 13.1. The monoisotopic (exact) mass is 406 g/mol. The molecule has 0 bridgehead atoms. The molecule has 2 atom stereocenters. The summed E-state index contributed by atoms with van der Waals surface area (Å²) >= 11 is 5.91. The molecule has 0 aliphatic rings. The predicted octanol–water partition coefficient (Wildman–Crippen LogP) is 2.34. The lowest BCUT2D eigenvalue weighted by Crippen LogP contribution is -2.52. The summed E-state index contributed by atoms with van der Waals surface area (Å²) < 4.78 is 13.1. The molecule has 0 radical (unpaired) electrons. The number of aliphatic carboxylic acids is 1. The number of carboxylic acid groups (broad SMARTS) is 1. The van der Waals surface area contributed by atoms with Crippen molar-refractivity contribution in [3.8, 4) is 0 Å². The Morgan fingerprint density at radius 1 is 1.00 bits per heavy atom. The highest BCUT2D eigenvalue weighted by Gasteiger charge is 2.26. The predicted molar refractivity (Wildman–Crippen MR) is 102 cm³/mol. The maximum absolute atomic E-state index is 13.1. The fourth-order valence-electron chi connectivity index (χ4n) is 2.68. The molecule has 3 N–H and O–H groups in total. The first kappa shape index (κ1) is 21.4. The second kappa shape index (κ2) is 9.85. The second-order valence-corrected chi connectivity index (χ2v) is 6.75. The molecule has 148 valence electrons. The zero-order valence-electron chi connectivity index (χ0n) is 15.1. The van der Waals surface area contributed by atoms with Gasteiger partial charge in [-0.1, -0.05) is 35.9 Å². The standard InChI is InChI=1S/C20H20ClFN2O4/c1-12(25)23-17(10-13-5-7-16(22)8-6-13)19(26)24-18(20(27)28)11-14-3-2-4-15(21)9-14/h2-9,17-18H,10-11H2,1H3,(H,23,25)(H,24,26)(H,27,28)/t17-,18+/m1/s1. The zero-order chi connectivity index (χ0) is 20.7. The number of rotatable bonds is 8. The van der Waals surface area contributed by atoms with Crippen LogP contribution >= 0.6 is 11.6 Å². The highest BCUT2D eigenvalue weighted by molar-refractivity contribution is 6.30. The lowest BCUT2D eigenvalue weighted by molar-refractivity contribution is -0.142. The number of benzene rings is 2. The quantitative estimate of drug-likeness (QED) is 0.627. The van der Waals surface area contributed by atoms with Gasteiger partial charge >= 0.3 is 5.97 Å². The van der Waals surface area contributed by atoms with Gasteiger partial charge in [-0.25, -0.2) is 9.18 Å². The molecular formula is C20H20ClFN2O4. The van der Waals surface area contributed by atoms with Crippen molar-refractivity contribution in [2.75, 3.05) is 0 Å². The normalized spacial score (nSPS) is 12.7. The number of amides is 2. The molecule has 0 aliphatic carbocycles. The number of carboxylic acids is 1. The Kier molecular flexibility index (Phi) is 7.52. The Morgan fingerprint density at radius 3 is 2.21 bits per heavy atom. The molecular weight excluding hydrogens is 387 g/mol. The van der Waals surface area contributed by atoms with E-state index >= 15 is 0 Å². The van der Waals surface area contributed by atoms with Gasteiger partial charge < -0.3 is 15.7 Å². The highest BCUT2D eigenvalue weighted by Crippen LogP contribution is 2.13. The average molecular weight is 407 g/mol. The van der Waals surface area contributed by atoms with Gasteiger partial charge in [0.05, 0.1) is 0 Å². The number of halogens is 2. The fraction of sp³-hybridized carbons (Fsp3) is 0.250. The topological polar surface area (TPSA) is 95.5 Å². The molecule has 0 saturated carbocycles. The first-order valence-electron chi connectivity index (χ1n) is 8.53. The van der Waals surface area contributed by atoms with Crippen LogP contribution in [-0.4, -0.2) is 35.0 Å². The van der Waals surface area contributed by atoms with Crippen molar-refractivity contribution in [1.29, 1.82) is 0 Å². The van der Waals surface area contributed by atoms with Gasteiger partial charge in [0.2, 0.25) is 11.8 Å². The third kappa shape index (κ3) is 6.66. The molecule has 0 aromatic heterocycles. The summed E-state index contributed by atoms with van der Waals surface area (Å²) in [5, 5.41) is 14.9. The maximum Gasteiger partial charge on any atom is 0.326 e. The van der Waals surface area contributed by atoms with Crippen LogP contribution in [0.15, 0.2) is 48.5 Å². The third-order valence-electron chi connectivity index (χ3n) is 3.99. The van der Waals surface area contributed by atoms with Crippen molar-refractivity contribution in [2.24, 2.45) is 0 Å². The summed E-state index contributed by atoms with van der Waals surface area (Å²) in [5.74, 6) is -2.72. The van der Waals surface area contributed by atoms with Crippen molar-refractivity contribution < 1.29 is 23.9 Å². The van der Waals surface area contributed by atoms with E-state index in [0.717, 1.165) is 0 Å². The first-order valence-corrected chi connectivity index (χ1v) is 8.91. The van der Waals surface area contributed by atoms with Gasteiger partial charge in [0.1, 0.15) is 17.9 Å². The molecule has 0 saturated heterocycles. The van der Waals surface area contributed by atoms with E-state index in [4.69, 9.17) is 11.6 Å². The molecule has 6 nitrogen and oxygen atoms in total. The Balaban J connectivity index is 2.12. The summed E-state index contributed by atoms with van der Waals surface area (Å²) in [5.41, 5.74) is 1.27. The van der Waals surface area contributed by atoms with Crippen LogP contribution in [0.5, 0.6) is 0 Å². The lowest BCUT2D eigenvalue weighted by atomic mass is 10.0. The van der Waals surface area contributed by atoms with E-state index < -0.39 is 35.7 Å². The minimum atomic E-state index is -1.21. The first-order chi connectivity index (χ1) is 13.2. The van der Waals surface area contributed by atoms with Crippen molar-refractivity contribution in [1.82, 2.24) is 10.6 Å². The van der Waals surface area contributed by atoms with Crippen molar-refractivity contribution in [3.63, 3.8) is 0 Å². The van der Waals surface area contributed by atoms with E-state index in [-0.39, 0.29) is 12.8 Å². The van der Waals surface area contributed by atoms with Gasteiger partial charge in [-0.05, 0) is 35.4 Å². The van der Waals surface area contributed by atoms with Gasteiger partial charge in [0.15, 0.2) is 0 Å². The SMILES string of the molecule is CC(=O)N[C@H](Cc1ccc(F)cc1)C(=O)N[C@@H](Cc1cccc(Cl)c1)C(=O)O. The molecule has 0 spiro atoms. The van der Waals surface area contributed by atoms with Crippen LogP contribution < -0.4 is 10.6 Å². The molecule has 2 rings (SSSR count). The Bertz CT molecular complexity index is 858. The summed E-state index contributed by atoms with van der Waals surface area (Å²) in [4.78, 5) is 35.7. The smallest absolute Gasteiger partial charge is 0.326 e. The lowest BCUT2D eigenvalue weighted by Gasteiger charge is -2.21. The third-order valence-corrected chi connectivity index (χ3v) is 4.23. The summed E-state index contributed by atoms with van der Waals surface area (Å²) in [6, 6.07) is 9.97. The number of carbonyl (C=O) groups excluding carboxylic acids is 2. The average Bonchev–Trinajstić information content (AvgIpc) is 2.62. The molecule has 0 aliphatic heterocycles. The van der Waals surface area contributed by atoms with Crippen LogP contribution in [0.1, 0.15) is 18.1 Å². The molecule has 0 heterocycles. The largest absolute Gasteiger partial charge is 0.480 e. The summed E-state index contributed by atoms with van der Waals surface area (Å²) in [6.45, 7) is 1.26. The number of carbonyl (C=O) groups is 3. The van der Waals surface area contributed by atoms with E-state index in [1.807, 2.05) is 0 Å². The molecule has 0 fully saturated rings. The molecule has 2 amide bonds. The van der Waals surface area contributed by atoms with Crippen molar-refractivity contribution in [3.05, 3.63) is 70.5 Å². The van der Waals surface area contributed by atoms with E-state index in [1.165, 1.54) is 31.2 Å². The minimum absolute atomic E-state index is 0.0327. The fourth-order valence-corrected chi connectivity index (χ4v) is 2.90. The van der Waals surface area contributed by atoms with Crippen LogP contribution in [0.2, 0.25) is 5.02 Å².